The molecular weight excluding hydrogens is 552 g/mol. The molecule has 1 aliphatic heterocycles. The Morgan fingerprint density at radius 3 is 2.26 bits per heavy atom. The zero-order valence-corrected chi connectivity index (χ0v) is 24.1. The van der Waals surface area contributed by atoms with Gasteiger partial charge >= 0.3 is 5.97 Å². The highest BCUT2D eigenvalue weighted by molar-refractivity contribution is 6.35. The van der Waals surface area contributed by atoms with Crippen molar-refractivity contribution in [3.05, 3.63) is 94.0 Å². The molecule has 2 heterocycles. The lowest BCUT2D eigenvalue weighted by Gasteiger charge is -2.19. The van der Waals surface area contributed by atoms with Crippen LogP contribution in [0.1, 0.15) is 57.5 Å². The fourth-order valence-electron chi connectivity index (χ4n) is 5.94. The molecule has 2 atom stereocenters. The quantitative estimate of drug-likeness (QED) is 0.140. The smallest absolute Gasteiger partial charge is 0.339 e. The van der Waals surface area contributed by atoms with Crippen LogP contribution in [0, 0.1) is 25.7 Å². The molecule has 2 unspecified atom stereocenters. The van der Waals surface area contributed by atoms with E-state index in [4.69, 9.17) is 21.3 Å². The van der Waals surface area contributed by atoms with Gasteiger partial charge in [0.2, 0.25) is 11.8 Å². The van der Waals surface area contributed by atoms with Crippen molar-refractivity contribution in [1.29, 1.82) is 0 Å². The number of Topliss-reactive ketones (excluding diaryl/α,β-unsaturated/α-hetero) is 1. The number of ketones is 1. The minimum absolute atomic E-state index is 0.131. The standard InChI is InChI=1S/C34H29ClN2O5/c1-19-10-11-22(16-20(19)2)30(38)18-42-34(41)27-17-29(36-31-24(27)8-5-9-28(31)35)21-12-14-23(15-13-21)37-32(39)25-6-3-4-7-26(25)33(37)40/h5,8-17,25-26H,3-4,6-7,18H2,1-2H3. The normalized spacial score (nSPS) is 18.3. The van der Waals surface area contributed by atoms with Crippen LogP contribution in [0.3, 0.4) is 0 Å². The fraction of sp³-hybridized carbons (Fsp3) is 0.265. The van der Waals surface area contributed by atoms with Gasteiger partial charge in [-0.15, -0.1) is 0 Å². The highest BCUT2D eigenvalue weighted by Gasteiger charge is 2.48. The summed E-state index contributed by atoms with van der Waals surface area (Å²) in [6, 6.07) is 19.1. The first-order valence-electron chi connectivity index (χ1n) is 14.1. The number of hydrogen-bond acceptors (Lipinski definition) is 6. The summed E-state index contributed by atoms with van der Waals surface area (Å²) in [6.45, 7) is 3.48. The summed E-state index contributed by atoms with van der Waals surface area (Å²) >= 11 is 6.48. The van der Waals surface area contributed by atoms with Gasteiger partial charge in [-0.05, 0) is 68.1 Å². The number of rotatable bonds is 6. The van der Waals surface area contributed by atoms with E-state index in [1.807, 2.05) is 19.9 Å². The van der Waals surface area contributed by atoms with Gasteiger partial charge in [0.25, 0.3) is 0 Å². The summed E-state index contributed by atoms with van der Waals surface area (Å²) in [6.07, 6.45) is 3.43. The van der Waals surface area contributed by atoms with E-state index in [0.717, 1.165) is 36.8 Å². The van der Waals surface area contributed by atoms with Gasteiger partial charge in [-0.2, -0.15) is 0 Å². The van der Waals surface area contributed by atoms with Crippen molar-refractivity contribution in [3.8, 4) is 11.3 Å². The number of nitrogens with zero attached hydrogens (tertiary/aromatic N) is 2. The van der Waals surface area contributed by atoms with E-state index >= 15 is 0 Å². The van der Waals surface area contributed by atoms with Crippen molar-refractivity contribution in [2.45, 2.75) is 39.5 Å². The number of carbonyl (C=O) groups excluding carboxylic acids is 4. The first-order valence-corrected chi connectivity index (χ1v) is 14.5. The maximum Gasteiger partial charge on any atom is 0.339 e. The Labute approximate surface area is 248 Å². The van der Waals surface area contributed by atoms with Crippen LogP contribution in [-0.4, -0.2) is 35.2 Å². The number of anilines is 1. The van der Waals surface area contributed by atoms with Gasteiger partial charge in [0.05, 0.1) is 39.3 Å². The van der Waals surface area contributed by atoms with Gasteiger partial charge in [-0.25, -0.2) is 9.78 Å². The van der Waals surface area contributed by atoms with Gasteiger partial charge in [0, 0.05) is 16.5 Å². The summed E-state index contributed by atoms with van der Waals surface area (Å²) in [7, 11) is 0. The van der Waals surface area contributed by atoms with Crippen molar-refractivity contribution in [2.24, 2.45) is 11.8 Å². The molecule has 6 rings (SSSR count). The molecule has 3 aromatic carbocycles. The van der Waals surface area contributed by atoms with Gasteiger partial charge < -0.3 is 4.74 Å². The Bertz CT molecular complexity index is 1740. The molecule has 2 fully saturated rings. The lowest BCUT2D eigenvalue weighted by atomic mass is 9.81. The van der Waals surface area contributed by atoms with E-state index in [-0.39, 0.29) is 35.0 Å². The lowest BCUT2D eigenvalue weighted by molar-refractivity contribution is -0.122. The molecule has 7 nitrogen and oxygen atoms in total. The van der Waals surface area contributed by atoms with Crippen LogP contribution in [0.2, 0.25) is 5.02 Å². The molecule has 212 valence electrons. The van der Waals surface area contributed by atoms with Crippen LogP contribution < -0.4 is 4.90 Å². The summed E-state index contributed by atoms with van der Waals surface area (Å²) in [5.41, 5.74) is 4.82. The second-order valence-electron chi connectivity index (χ2n) is 11.0. The number of para-hydroxylation sites is 1. The largest absolute Gasteiger partial charge is 0.454 e. The summed E-state index contributed by atoms with van der Waals surface area (Å²) in [4.78, 5) is 58.2. The first kappa shape index (κ1) is 27.8. The van der Waals surface area contributed by atoms with Crippen LogP contribution in [-0.2, 0) is 14.3 Å². The van der Waals surface area contributed by atoms with E-state index in [1.165, 1.54) is 4.90 Å². The minimum atomic E-state index is -0.671. The summed E-state index contributed by atoms with van der Waals surface area (Å²) < 4.78 is 5.47. The molecule has 1 saturated heterocycles. The molecule has 42 heavy (non-hydrogen) atoms. The molecule has 2 amide bonds. The average molecular weight is 581 g/mol. The van der Waals surface area contributed by atoms with Crippen molar-refractivity contribution in [1.82, 2.24) is 4.98 Å². The van der Waals surface area contributed by atoms with Gasteiger partial charge in [-0.3, -0.25) is 19.3 Å². The summed E-state index contributed by atoms with van der Waals surface area (Å²) in [5, 5.41) is 0.865. The first-order chi connectivity index (χ1) is 20.2. The van der Waals surface area contributed by atoms with E-state index in [0.29, 0.717) is 38.4 Å². The van der Waals surface area contributed by atoms with Crippen LogP contribution in [0.25, 0.3) is 22.2 Å². The second-order valence-corrected chi connectivity index (χ2v) is 11.5. The van der Waals surface area contributed by atoms with Gasteiger partial charge in [0.1, 0.15) is 0 Å². The Hall–Kier alpha value is -4.36. The predicted octanol–water partition coefficient (Wildman–Crippen LogP) is 6.89. The molecule has 2 aliphatic rings. The van der Waals surface area contributed by atoms with Crippen molar-refractivity contribution in [2.75, 3.05) is 11.5 Å². The fourth-order valence-corrected chi connectivity index (χ4v) is 6.15. The molecule has 1 aromatic heterocycles. The number of hydrogen-bond donors (Lipinski definition) is 0. The Morgan fingerprint density at radius 1 is 0.905 bits per heavy atom. The number of ether oxygens (including phenoxy) is 1. The minimum Gasteiger partial charge on any atom is -0.454 e. The molecule has 0 spiro atoms. The molecule has 0 radical (unpaired) electrons. The molecule has 4 aromatic rings. The maximum absolute atomic E-state index is 13.3. The number of pyridine rings is 1. The Kier molecular flexibility index (Phi) is 7.37. The molecule has 1 saturated carbocycles. The Morgan fingerprint density at radius 2 is 1.60 bits per heavy atom. The molecule has 8 heteroatoms. The van der Waals surface area contributed by atoms with E-state index < -0.39 is 12.6 Å². The number of amides is 2. The number of imide groups is 1. The highest BCUT2D eigenvalue weighted by atomic mass is 35.5. The topological polar surface area (TPSA) is 93.6 Å². The number of halogens is 1. The third-order valence-corrected chi connectivity index (χ3v) is 8.74. The highest BCUT2D eigenvalue weighted by Crippen LogP contribution is 2.40. The van der Waals surface area contributed by atoms with Crippen molar-refractivity contribution < 1.29 is 23.9 Å². The van der Waals surface area contributed by atoms with E-state index in [9.17, 15) is 19.2 Å². The number of benzene rings is 3. The van der Waals surface area contributed by atoms with Gasteiger partial charge in [0.15, 0.2) is 12.4 Å². The number of carbonyl (C=O) groups is 4. The number of aromatic nitrogens is 1. The van der Waals surface area contributed by atoms with Crippen molar-refractivity contribution in [3.63, 3.8) is 0 Å². The molecular formula is C34H29ClN2O5. The van der Waals surface area contributed by atoms with Crippen LogP contribution >= 0.6 is 11.6 Å². The van der Waals surface area contributed by atoms with E-state index in [1.54, 1.807) is 60.7 Å². The Balaban J connectivity index is 1.28. The number of aryl methyl sites for hydroxylation is 2. The number of fused-ring (bicyclic) bond motifs is 2. The predicted molar refractivity (Wildman–Crippen MR) is 161 cm³/mol. The maximum atomic E-state index is 13.3. The molecule has 0 N–H and O–H groups in total. The zero-order chi connectivity index (χ0) is 29.5. The van der Waals surface area contributed by atoms with Gasteiger partial charge in [-0.1, -0.05) is 60.8 Å². The number of esters is 1. The van der Waals surface area contributed by atoms with E-state index in [2.05, 4.69) is 0 Å². The summed E-state index contributed by atoms with van der Waals surface area (Å²) in [5.74, 6) is -1.70. The third-order valence-electron chi connectivity index (χ3n) is 8.44. The second kappa shape index (κ2) is 11.1. The lowest BCUT2D eigenvalue weighted by Crippen LogP contribution is -2.30. The monoisotopic (exact) mass is 580 g/mol. The van der Waals surface area contributed by atoms with Crippen LogP contribution in [0.4, 0.5) is 5.69 Å². The van der Waals surface area contributed by atoms with Crippen molar-refractivity contribution >= 4 is 51.8 Å². The zero-order valence-electron chi connectivity index (χ0n) is 23.4. The molecule has 1 aliphatic carbocycles. The average Bonchev–Trinajstić information content (AvgIpc) is 3.26. The van der Waals surface area contributed by atoms with Crippen LogP contribution in [0.15, 0.2) is 66.7 Å². The molecule has 0 bridgehead atoms. The van der Waals surface area contributed by atoms with Crippen LogP contribution in [0.5, 0.6) is 0 Å². The SMILES string of the molecule is Cc1ccc(C(=O)COC(=O)c2cc(-c3ccc(N4C(=O)C5CCCCC5C4=O)cc3)nc3c(Cl)cccc23)cc1C. The third kappa shape index (κ3) is 4.98.